The van der Waals surface area contributed by atoms with E-state index in [4.69, 9.17) is 4.42 Å². The second-order valence-electron chi connectivity index (χ2n) is 4.68. The molecule has 0 aromatic carbocycles. The van der Waals surface area contributed by atoms with Gasteiger partial charge >= 0.3 is 0 Å². The normalized spacial score (nSPS) is 22.5. The molecule has 1 aliphatic carbocycles. The van der Waals surface area contributed by atoms with Crippen molar-refractivity contribution in [2.45, 2.75) is 32.7 Å². The van der Waals surface area contributed by atoms with Gasteiger partial charge in [0.2, 0.25) is 5.91 Å². The molecule has 4 nitrogen and oxygen atoms in total. The van der Waals surface area contributed by atoms with Crippen molar-refractivity contribution in [2.24, 2.45) is 5.92 Å². The van der Waals surface area contributed by atoms with Gasteiger partial charge in [0, 0.05) is 12.5 Å². The van der Waals surface area contributed by atoms with Crippen LogP contribution in [0.3, 0.4) is 0 Å². The molecule has 0 bridgehead atoms. The van der Waals surface area contributed by atoms with Crippen LogP contribution in [0.15, 0.2) is 16.5 Å². The average molecular weight is 236 g/mol. The zero-order chi connectivity index (χ0) is 12.3. The van der Waals surface area contributed by atoms with Crippen molar-refractivity contribution >= 4 is 5.91 Å². The van der Waals surface area contributed by atoms with E-state index >= 15 is 0 Å². The van der Waals surface area contributed by atoms with Gasteiger partial charge in [-0.25, -0.2) is 0 Å². The number of nitrogens with one attached hydrogen (secondary N) is 2. The van der Waals surface area contributed by atoms with E-state index in [9.17, 15) is 4.79 Å². The third-order valence-corrected chi connectivity index (χ3v) is 3.12. The molecular weight excluding hydrogens is 216 g/mol. The van der Waals surface area contributed by atoms with Gasteiger partial charge < -0.3 is 15.1 Å². The predicted molar refractivity (Wildman–Crippen MR) is 65.6 cm³/mol. The van der Waals surface area contributed by atoms with Gasteiger partial charge in [-0.1, -0.05) is 6.92 Å². The van der Waals surface area contributed by atoms with Crippen LogP contribution >= 0.6 is 0 Å². The minimum atomic E-state index is 0.0232. The monoisotopic (exact) mass is 236 g/mol. The molecule has 2 rings (SSSR count). The highest BCUT2D eigenvalue weighted by molar-refractivity contribution is 5.77. The molecule has 1 heterocycles. The number of amides is 1. The van der Waals surface area contributed by atoms with Crippen LogP contribution in [0.2, 0.25) is 0 Å². The summed E-state index contributed by atoms with van der Waals surface area (Å²) in [6.07, 6.45) is 1.24. The standard InChI is InChI=1S/C13H20N2O2/c1-3-15-13(16)8-14-7-10-4-5-12(17-10)11-6-9(11)2/h4-5,9,11,14H,3,6-8H2,1-2H3,(H,15,16). The Hall–Kier alpha value is -1.29. The summed E-state index contributed by atoms with van der Waals surface area (Å²) in [4.78, 5) is 11.2. The molecule has 4 heteroatoms. The number of hydrogen-bond donors (Lipinski definition) is 2. The highest BCUT2D eigenvalue weighted by atomic mass is 16.3. The van der Waals surface area contributed by atoms with Crippen molar-refractivity contribution in [1.29, 1.82) is 0 Å². The Balaban J connectivity index is 1.72. The molecule has 2 unspecified atom stereocenters. The van der Waals surface area contributed by atoms with Crippen molar-refractivity contribution in [3.63, 3.8) is 0 Å². The molecule has 1 aliphatic rings. The lowest BCUT2D eigenvalue weighted by atomic mass is 10.3. The third kappa shape index (κ3) is 3.33. The summed E-state index contributed by atoms with van der Waals surface area (Å²) in [6, 6.07) is 4.04. The van der Waals surface area contributed by atoms with Crippen molar-refractivity contribution in [3.8, 4) is 0 Å². The minimum absolute atomic E-state index is 0.0232. The molecule has 2 N–H and O–H groups in total. The fourth-order valence-corrected chi connectivity index (χ4v) is 1.97. The Morgan fingerprint density at radius 1 is 1.53 bits per heavy atom. The summed E-state index contributed by atoms with van der Waals surface area (Å²) in [7, 11) is 0. The van der Waals surface area contributed by atoms with E-state index in [1.165, 1.54) is 6.42 Å². The molecule has 1 saturated carbocycles. The number of furan rings is 1. The Morgan fingerprint density at radius 2 is 2.29 bits per heavy atom. The van der Waals surface area contributed by atoms with Gasteiger partial charge in [0.05, 0.1) is 13.1 Å². The van der Waals surface area contributed by atoms with E-state index in [1.54, 1.807) is 0 Å². The summed E-state index contributed by atoms with van der Waals surface area (Å²) >= 11 is 0. The number of hydrogen-bond acceptors (Lipinski definition) is 3. The summed E-state index contributed by atoms with van der Waals surface area (Å²) in [5, 5.41) is 5.80. The molecule has 0 saturated heterocycles. The summed E-state index contributed by atoms with van der Waals surface area (Å²) in [5.74, 6) is 3.40. The lowest BCUT2D eigenvalue weighted by molar-refractivity contribution is -0.120. The highest BCUT2D eigenvalue weighted by Gasteiger charge is 2.36. The molecule has 2 atom stereocenters. The van der Waals surface area contributed by atoms with E-state index in [1.807, 2.05) is 13.0 Å². The Bertz CT molecular complexity index is 387. The van der Waals surface area contributed by atoms with Crippen LogP contribution in [0, 0.1) is 5.92 Å². The molecule has 1 amide bonds. The molecule has 1 fully saturated rings. The molecule has 0 spiro atoms. The van der Waals surface area contributed by atoms with Gasteiger partial charge in [-0.15, -0.1) is 0 Å². The molecule has 94 valence electrons. The lowest BCUT2D eigenvalue weighted by Crippen LogP contribution is -2.33. The SMILES string of the molecule is CCNC(=O)CNCc1ccc(C2CC2C)o1. The first kappa shape index (κ1) is 12.2. The smallest absolute Gasteiger partial charge is 0.233 e. The first-order chi connectivity index (χ1) is 8.20. The maximum atomic E-state index is 11.2. The van der Waals surface area contributed by atoms with Crippen LogP contribution < -0.4 is 10.6 Å². The van der Waals surface area contributed by atoms with Crippen LogP contribution in [0.5, 0.6) is 0 Å². The van der Waals surface area contributed by atoms with Gasteiger partial charge in [0.25, 0.3) is 0 Å². The number of likely N-dealkylation sites (N-methyl/N-ethyl adjacent to an activating group) is 1. The molecule has 0 radical (unpaired) electrons. The molecule has 1 aromatic heterocycles. The first-order valence-corrected chi connectivity index (χ1v) is 6.26. The van der Waals surface area contributed by atoms with Crippen LogP contribution in [-0.4, -0.2) is 19.0 Å². The van der Waals surface area contributed by atoms with Gasteiger partial charge in [0.15, 0.2) is 0 Å². The zero-order valence-corrected chi connectivity index (χ0v) is 10.5. The van der Waals surface area contributed by atoms with Crippen LogP contribution in [0.4, 0.5) is 0 Å². The average Bonchev–Trinajstić information content (AvgIpc) is 2.84. The lowest BCUT2D eigenvalue weighted by Gasteiger charge is -2.02. The van der Waals surface area contributed by atoms with E-state index < -0.39 is 0 Å². The Kier molecular flexibility index (Phi) is 3.84. The van der Waals surface area contributed by atoms with Gasteiger partial charge in [-0.2, -0.15) is 0 Å². The fraction of sp³-hybridized carbons (Fsp3) is 0.615. The number of carbonyl (C=O) groups excluding carboxylic acids is 1. The fourth-order valence-electron chi connectivity index (χ4n) is 1.97. The van der Waals surface area contributed by atoms with Gasteiger partial charge in [0.1, 0.15) is 11.5 Å². The van der Waals surface area contributed by atoms with Crippen molar-refractivity contribution < 1.29 is 9.21 Å². The zero-order valence-electron chi connectivity index (χ0n) is 10.5. The second-order valence-corrected chi connectivity index (χ2v) is 4.68. The maximum Gasteiger partial charge on any atom is 0.233 e. The maximum absolute atomic E-state index is 11.2. The quantitative estimate of drug-likeness (QED) is 0.789. The first-order valence-electron chi connectivity index (χ1n) is 6.26. The van der Waals surface area contributed by atoms with E-state index in [2.05, 4.69) is 23.6 Å². The Labute approximate surface area is 102 Å². The van der Waals surface area contributed by atoms with Gasteiger partial charge in [-0.3, -0.25) is 4.79 Å². The van der Waals surface area contributed by atoms with Crippen LogP contribution in [-0.2, 0) is 11.3 Å². The van der Waals surface area contributed by atoms with Crippen molar-refractivity contribution in [3.05, 3.63) is 23.7 Å². The summed E-state index contributed by atoms with van der Waals surface area (Å²) < 4.78 is 5.73. The van der Waals surface area contributed by atoms with Gasteiger partial charge in [-0.05, 0) is 31.4 Å². The topological polar surface area (TPSA) is 54.3 Å². The highest BCUT2D eigenvalue weighted by Crippen LogP contribution is 2.47. The predicted octanol–water partition coefficient (Wildman–Crippen LogP) is 1.63. The van der Waals surface area contributed by atoms with Crippen molar-refractivity contribution in [1.82, 2.24) is 10.6 Å². The second kappa shape index (κ2) is 5.36. The Morgan fingerprint density at radius 3 is 2.94 bits per heavy atom. The van der Waals surface area contributed by atoms with Crippen LogP contribution in [0.25, 0.3) is 0 Å². The van der Waals surface area contributed by atoms with Crippen molar-refractivity contribution in [2.75, 3.05) is 13.1 Å². The van der Waals surface area contributed by atoms with Crippen LogP contribution in [0.1, 0.15) is 37.7 Å². The van der Waals surface area contributed by atoms with E-state index in [-0.39, 0.29) is 5.91 Å². The van der Waals surface area contributed by atoms with E-state index in [0.717, 1.165) is 17.4 Å². The largest absolute Gasteiger partial charge is 0.464 e. The third-order valence-electron chi connectivity index (χ3n) is 3.12. The van der Waals surface area contributed by atoms with E-state index in [0.29, 0.717) is 25.6 Å². The summed E-state index contributed by atoms with van der Waals surface area (Å²) in [5.41, 5.74) is 0. The minimum Gasteiger partial charge on any atom is -0.464 e. The molecular formula is C13H20N2O2. The molecule has 0 aliphatic heterocycles. The number of carbonyl (C=O) groups is 1. The molecule has 1 aromatic rings. The summed E-state index contributed by atoms with van der Waals surface area (Å²) in [6.45, 7) is 5.76. The molecule has 17 heavy (non-hydrogen) atoms. The number of rotatable bonds is 6.